The molecule has 4 nitrogen and oxygen atoms in total. The van der Waals surface area contributed by atoms with E-state index in [2.05, 4.69) is 32.7 Å². The zero-order valence-corrected chi connectivity index (χ0v) is 10.7. The molecule has 0 aliphatic rings. The molecule has 0 heterocycles. The van der Waals surface area contributed by atoms with Crippen LogP contribution in [-0.4, -0.2) is 49.2 Å². The van der Waals surface area contributed by atoms with Crippen LogP contribution in [0.1, 0.15) is 20.8 Å². The fourth-order valence-corrected chi connectivity index (χ4v) is 1.84. The van der Waals surface area contributed by atoms with Crippen molar-refractivity contribution in [2.45, 2.75) is 26.9 Å². The molecule has 0 aromatic rings. The molecule has 1 unspecified atom stereocenters. The lowest BCUT2D eigenvalue weighted by Gasteiger charge is -2.40. The van der Waals surface area contributed by atoms with Crippen molar-refractivity contribution in [1.82, 2.24) is 5.32 Å². The van der Waals surface area contributed by atoms with Gasteiger partial charge in [-0.1, -0.05) is 12.7 Å². The molecule has 0 aliphatic carbocycles. The van der Waals surface area contributed by atoms with E-state index in [1.54, 1.807) is 0 Å². The molecule has 0 saturated carbocycles. The van der Waals surface area contributed by atoms with Crippen LogP contribution < -0.4 is 10.4 Å². The molecule has 94 valence electrons. The molecule has 16 heavy (non-hydrogen) atoms. The fraction of sp³-hybridized carbons (Fsp3) is 0.750. The summed E-state index contributed by atoms with van der Waals surface area (Å²) in [5.74, 6) is -0.275. The van der Waals surface area contributed by atoms with Gasteiger partial charge in [0.2, 0.25) is 5.91 Å². The first kappa shape index (κ1) is 15.1. The van der Waals surface area contributed by atoms with Gasteiger partial charge in [0.15, 0.2) is 0 Å². The summed E-state index contributed by atoms with van der Waals surface area (Å²) in [6.07, 6.45) is 0.442. The van der Waals surface area contributed by atoms with Crippen molar-refractivity contribution in [2.24, 2.45) is 0 Å². The van der Waals surface area contributed by atoms with Crippen LogP contribution in [0.5, 0.6) is 0 Å². The molecule has 0 aromatic heterocycles. The Morgan fingerprint density at radius 1 is 1.38 bits per heavy atom. The summed E-state index contributed by atoms with van der Waals surface area (Å²) in [5, 5.41) is 14.3. The van der Waals surface area contributed by atoms with Gasteiger partial charge in [0.1, 0.15) is 0 Å². The molecule has 0 rings (SSSR count). The van der Waals surface area contributed by atoms with Crippen LogP contribution in [0, 0.1) is 0 Å². The molecule has 0 saturated heterocycles. The van der Waals surface area contributed by atoms with Crippen molar-refractivity contribution >= 4 is 5.91 Å². The lowest BCUT2D eigenvalue weighted by molar-refractivity contribution is -0.931. The molecule has 0 radical (unpaired) electrons. The van der Waals surface area contributed by atoms with Gasteiger partial charge in [0.05, 0.1) is 26.2 Å². The summed E-state index contributed by atoms with van der Waals surface area (Å²) in [5.41, 5.74) is 0. The molecule has 0 aliphatic heterocycles. The predicted molar refractivity (Wildman–Crippen MR) is 63.7 cm³/mol. The molecule has 1 N–H and O–H groups in total. The minimum absolute atomic E-state index is 0.185. The maximum Gasteiger partial charge on any atom is 0.243 e. The summed E-state index contributed by atoms with van der Waals surface area (Å²) in [6, 6.07) is 0. The number of nitrogens with one attached hydrogen (secondary N) is 1. The zero-order valence-electron chi connectivity index (χ0n) is 10.7. The first-order chi connectivity index (χ1) is 7.53. The summed E-state index contributed by atoms with van der Waals surface area (Å²) >= 11 is 0. The average molecular weight is 228 g/mol. The van der Waals surface area contributed by atoms with E-state index < -0.39 is 6.10 Å². The third kappa shape index (κ3) is 4.77. The number of likely N-dealkylation sites (N-methyl/N-ethyl adjacent to an activating group) is 1. The molecule has 1 atom stereocenters. The van der Waals surface area contributed by atoms with Crippen molar-refractivity contribution in [3.05, 3.63) is 12.7 Å². The normalized spacial score (nSPS) is 13.2. The fourth-order valence-electron chi connectivity index (χ4n) is 1.84. The number of rotatable bonds is 8. The third-order valence-corrected chi connectivity index (χ3v) is 3.29. The molecule has 0 spiro atoms. The van der Waals surface area contributed by atoms with Crippen LogP contribution in [0.15, 0.2) is 12.7 Å². The van der Waals surface area contributed by atoms with E-state index in [1.165, 1.54) is 6.08 Å². The summed E-state index contributed by atoms with van der Waals surface area (Å²) in [4.78, 5) is 10.9. The second-order valence-electron chi connectivity index (χ2n) is 4.04. The monoisotopic (exact) mass is 228 g/mol. The van der Waals surface area contributed by atoms with Crippen LogP contribution in [0.2, 0.25) is 0 Å². The molecule has 0 bridgehead atoms. The van der Waals surface area contributed by atoms with Crippen LogP contribution in [0.4, 0.5) is 0 Å². The first-order valence-corrected chi connectivity index (χ1v) is 5.94. The number of hydrogen-bond acceptors (Lipinski definition) is 2. The lowest BCUT2D eigenvalue weighted by Crippen LogP contribution is -2.57. The number of amides is 1. The number of carbonyl (C=O) groups is 1. The first-order valence-electron chi connectivity index (χ1n) is 5.94. The number of carbonyl (C=O) groups excluding carboxylic acids is 1. The van der Waals surface area contributed by atoms with Gasteiger partial charge < -0.3 is 14.9 Å². The Hall–Kier alpha value is -0.870. The largest absolute Gasteiger partial charge is 0.847 e. The smallest absolute Gasteiger partial charge is 0.243 e. The standard InChI is InChI=1S/C12H24N2O2/c1-5-12(16)13-9-11(15)10-14(6-2,7-3)8-4/h5,11H,1,6-10H2,2-4H3,(H,13,16). The highest BCUT2D eigenvalue weighted by atomic mass is 16.3. The Bertz CT molecular complexity index is 217. The van der Waals surface area contributed by atoms with Gasteiger partial charge in [-0.05, 0) is 26.8 Å². The highest BCUT2D eigenvalue weighted by Gasteiger charge is 2.21. The molecule has 0 fully saturated rings. The number of quaternary nitrogens is 1. The minimum Gasteiger partial charge on any atom is -0.847 e. The van der Waals surface area contributed by atoms with E-state index in [4.69, 9.17) is 0 Å². The summed E-state index contributed by atoms with van der Waals surface area (Å²) in [6.45, 7) is 13.3. The Balaban J connectivity index is 4.14. The van der Waals surface area contributed by atoms with Crippen LogP contribution in [0.25, 0.3) is 0 Å². The number of hydrogen-bond donors (Lipinski definition) is 1. The second-order valence-corrected chi connectivity index (χ2v) is 4.04. The van der Waals surface area contributed by atoms with Crippen LogP contribution in [0.3, 0.4) is 0 Å². The van der Waals surface area contributed by atoms with Gasteiger partial charge in [0, 0.05) is 6.54 Å². The van der Waals surface area contributed by atoms with E-state index >= 15 is 0 Å². The maximum atomic E-state index is 11.8. The molecular weight excluding hydrogens is 204 g/mol. The highest BCUT2D eigenvalue weighted by molar-refractivity contribution is 5.86. The maximum absolute atomic E-state index is 11.8. The van der Waals surface area contributed by atoms with E-state index in [0.717, 1.165) is 24.1 Å². The van der Waals surface area contributed by atoms with Gasteiger partial charge in [-0.15, -0.1) is 0 Å². The lowest BCUT2D eigenvalue weighted by atomic mass is 10.2. The average Bonchev–Trinajstić information content (AvgIpc) is 2.33. The zero-order chi connectivity index (χ0) is 12.6. The summed E-state index contributed by atoms with van der Waals surface area (Å²) in [7, 11) is 0. The van der Waals surface area contributed by atoms with Crippen molar-refractivity contribution in [3.8, 4) is 0 Å². The highest BCUT2D eigenvalue weighted by Crippen LogP contribution is 2.06. The van der Waals surface area contributed by atoms with Crippen molar-refractivity contribution in [1.29, 1.82) is 0 Å². The van der Waals surface area contributed by atoms with Crippen molar-refractivity contribution in [3.63, 3.8) is 0 Å². The van der Waals surface area contributed by atoms with Gasteiger partial charge in [-0.25, -0.2) is 0 Å². The predicted octanol–water partition coefficient (Wildman–Crippen LogP) is -0.106. The third-order valence-electron chi connectivity index (χ3n) is 3.29. The van der Waals surface area contributed by atoms with Crippen molar-refractivity contribution < 1.29 is 14.4 Å². The quantitative estimate of drug-likeness (QED) is 0.466. The number of nitrogens with zero attached hydrogens (tertiary/aromatic N) is 1. The van der Waals surface area contributed by atoms with E-state index in [-0.39, 0.29) is 12.5 Å². The topological polar surface area (TPSA) is 52.2 Å². The molecular formula is C12H24N2O2. The molecule has 1 amide bonds. The Morgan fingerprint density at radius 3 is 2.25 bits per heavy atom. The van der Waals surface area contributed by atoms with E-state index in [9.17, 15) is 9.90 Å². The Labute approximate surface area is 98.5 Å². The molecule has 0 aromatic carbocycles. The van der Waals surface area contributed by atoms with E-state index in [0.29, 0.717) is 6.54 Å². The van der Waals surface area contributed by atoms with Crippen LogP contribution >= 0.6 is 0 Å². The molecule has 4 heteroatoms. The van der Waals surface area contributed by atoms with Crippen molar-refractivity contribution in [2.75, 3.05) is 32.7 Å². The Kier molecular flexibility index (Phi) is 7.01. The van der Waals surface area contributed by atoms with Gasteiger partial charge >= 0.3 is 0 Å². The SMILES string of the molecule is C=CC(=O)NCC([O-])C[N+](CC)(CC)CC. The second kappa shape index (κ2) is 7.41. The van der Waals surface area contributed by atoms with Crippen LogP contribution in [-0.2, 0) is 4.79 Å². The minimum atomic E-state index is -0.747. The summed E-state index contributed by atoms with van der Waals surface area (Å²) < 4.78 is 0.818. The van der Waals surface area contributed by atoms with Gasteiger partial charge in [-0.2, -0.15) is 0 Å². The Morgan fingerprint density at radius 2 is 1.88 bits per heavy atom. The van der Waals surface area contributed by atoms with E-state index in [1.807, 2.05) is 0 Å². The van der Waals surface area contributed by atoms with Gasteiger partial charge in [-0.3, -0.25) is 4.79 Å². The van der Waals surface area contributed by atoms with Gasteiger partial charge in [0.25, 0.3) is 0 Å².